The van der Waals surface area contributed by atoms with Crippen LogP contribution in [0.5, 0.6) is 0 Å². The van der Waals surface area contributed by atoms with E-state index in [0.29, 0.717) is 17.4 Å². The molecule has 1 amide bonds. The van der Waals surface area contributed by atoms with Gasteiger partial charge in [-0.15, -0.1) is 0 Å². The lowest BCUT2D eigenvalue weighted by Crippen LogP contribution is -2.38. The number of carbonyl (C=O) groups is 1. The quantitative estimate of drug-likeness (QED) is 0.631. The molecule has 5 nitrogen and oxygen atoms in total. The van der Waals surface area contributed by atoms with Gasteiger partial charge in [0.2, 0.25) is 0 Å². The number of hydrogen-bond acceptors (Lipinski definition) is 4. The molecular weight excluding hydrogens is 228 g/mol. The van der Waals surface area contributed by atoms with Gasteiger partial charge >= 0.3 is 0 Å². The average molecular weight is 248 g/mol. The van der Waals surface area contributed by atoms with E-state index in [1.54, 1.807) is 18.3 Å². The Bertz CT molecular complexity index is 398. The van der Waals surface area contributed by atoms with Gasteiger partial charge in [0, 0.05) is 13.1 Å². The van der Waals surface area contributed by atoms with Crippen LogP contribution in [0, 0.1) is 0 Å². The molecule has 0 spiro atoms. The summed E-state index contributed by atoms with van der Waals surface area (Å²) in [5.74, 6) is 5.26. The molecule has 1 aromatic heterocycles. The van der Waals surface area contributed by atoms with Gasteiger partial charge in [0.25, 0.3) is 5.91 Å². The number of nitrogens with two attached hydrogens (primary N) is 1. The van der Waals surface area contributed by atoms with E-state index in [4.69, 9.17) is 5.84 Å². The molecule has 98 valence electrons. The number of hydrogen-bond donors (Lipinski definition) is 2. The first-order valence-electron chi connectivity index (χ1n) is 6.42. The van der Waals surface area contributed by atoms with Gasteiger partial charge in [0.05, 0.1) is 11.9 Å². The summed E-state index contributed by atoms with van der Waals surface area (Å²) in [5, 5.41) is 0. The zero-order chi connectivity index (χ0) is 13.0. The van der Waals surface area contributed by atoms with Crippen molar-refractivity contribution >= 4 is 11.6 Å². The lowest BCUT2D eigenvalue weighted by atomic mass is 9.94. The molecule has 1 heterocycles. The van der Waals surface area contributed by atoms with Crippen molar-refractivity contribution in [3.63, 3.8) is 0 Å². The molecule has 1 fully saturated rings. The summed E-state index contributed by atoms with van der Waals surface area (Å²) in [4.78, 5) is 18.2. The average Bonchev–Trinajstić information content (AvgIpc) is 2.47. The minimum Gasteiger partial charge on any atom is -0.337 e. The van der Waals surface area contributed by atoms with Crippen LogP contribution in [0.2, 0.25) is 0 Å². The van der Waals surface area contributed by atoms with Gasteiger partial charge in [-0.05, 0) is 25.0 Å². The Hall–Kier alpha value is -1.62. The molecular formula is C13H20N4O. The Morgan fingerprint density at radius 1 is 1.39 bits per heavy atom. The van der Waals surface area contributed by atoms with Crippen molar-refractivity contribution in [3.8, 4) is 0 Å². The molecule has 2 rings (SSSR count). The molecule has 18 heavy (non-hydrogen) atoms. The topological polar surface area (TPSA) is 71.2 Å². The minimum atomic E-state index is -0.00882. The number of nitrogen functional groups attached to an aromatic ring is 1. The summed E-state index contributed by atoms with van der Waals surface area (Å²) in [6.45, 7) is 0. The predicted molar refractivity (Wildman–Crippen MR) is 71.0 cm³/mol. The van der Waals surface area contributed by atoms with Crippen molar-refractivity contribution in [1.82, 2.24) is 9.88 Å². The maximum Gasteiger partial charge on any atom is 0.272 e. The lowest BCUT2D eigenvalue weighted by molar-refractivity contribution is 0.0690. The van der Waals surface area contributed by atoms with Crippen LogP contribution in [0.4, 0.5) is 5.69 Å². The van der Waals surface area contributed by atoms with E-state index >= 15 is 0 Å². The molecule has 1 aliphatic carbocycles. The first kappa shape index (κ1) is 12.8. The molecule has 1 aliphatic rings. The summed E-state index contributed by atoms with van der Waals surface area (Å²) in [5.41, 5.74) is 3.67. The number of amides is 1. The van der Waals surface area contributed by atoms with Crippen molar-refractivity contribution in [1.29, 1.82) is 0 Å². The molecule has 1 saturated carbocycles. The smallest absolute Gasteiger partial charge is 0.272 e. The number of pyridine rings is 1. The van der Waals surface area contributed by atoms with Crippen LogP contribution in [0.25, 0.3) is 0 Å². The summed E-state index contributed by atoms with van der Waals surface area (Å²) in [7, 11) is 1.87. The van der Waals surface area contributed by atoms with Gasteiger partial charge in [0.1, 0.15) is 5.69 Å². The number of rotatable bonds is 3. The Balaban J connectivity index is 2.04. The van der Waals surface area contributed by atoms with Crippen molar-refractivity contribution in [2.45, 2.75) is 38.1 Å². The summed E-state index contributed by atoms with van der Waals surface area (Å²) < 4.78 is 0. The van der Waals surface area contributed by atoms with Crippen LogP contribution in [0.1, 0.15) is 42.6 Å². The molecule has 0 aliphatic heterocycles. The van der Waals surface area contributed by atoms with Crippen LogP contribution in [-0.4, -0.2) is 28.9 Å². The second-order valence-electron chi connectivity index (χ2n) is 4.78. The van der Waals surface area contributed by atoms with Gasteiger partial charge in [-0.3, -0.25) is 10.6 Å². The maximum absolute atomic E-state index is 12.3. The maximum atomic E-state index is 12.3. The van der Waals surface area contributed by atoms with E-state index in [0.717, 1.165) is 12.8 Å². The second kappa shape index (κ2) is 5.82. The highest BCUT2D eigenvalue weighted by molar-refractivity contribution is 5.92. The Labute approximate surface area is 107 Å². The van der Waals surface area contributed by atoms with Gasteiger partial charge in [-0.1, -0.05) is 19.3 Å². The van der Waals surface area contributed by atoms with E-state index < -0.39 is 0 Å². The highest BCUT2D eigenvalue weighted by Gasteiger charge is 2.23. The Morgan fingerprint density at radius 2 is 2.11 bits per heavy atom. The molecule has 1 aromatic rings. The van der Waals surface area contributed by atoms with Crippen molar-refractivity contribution < 1.29 is 4.79 Å². The van der Waals surface area contributed by atoms with Crippen LogP contribution in [-0.2, 0) is 0 Å². The molecule has 0 radical (unpaired) electrons. The van der Waals surface area contributed by atoms with E-state index in [2.05, 4.69) is 10.4 Å². The number of carbonyl (C=O) groups excluding carboxylic acids is 1. The van der Waals surface area contributed by atoms with Crippen LogP contribution in [0.3, 0.4) is 0 Å². The van der Waals surface area contributed by atoms with E-state index in [9.17, 15) is 4.79 Å². The Morgan fingerprint density at radius 3 is 2.67 bits per heavy atom. The van der Waals surface area contributed by atoms with Crippen LogP contribution in [0.15, 0.2) is 18.3 Å². The third kappa shape index (κ3) is 2.79. The molecule has 5 heteroatoms. The number of aromatic nitrogens is 1. The van der Waals surface area contributed by atoms with Crippen LogP contribution >= 0.6 is 0 Å². The highest BCUT2D eigenvalue weighted by atomic mass is 16.2. The number of nitrogens with zero attached hydrogens (tertiary/aromatic N) is 2. The number of hydrazine groups is 1. The highest BCUT2D eigenvalue weighted by Crippen LogP contribution is 2.22. The second-order valence-corrected chi connectivity index (χ2v) is 4.78. The van der Waals surface area contributed by atoms with Gasteiger partial charge in [-0.2, -0.15) is 0 Å². The minimum absolute atomic E-state index is 0.00882. The third-order valence-corrected chi connectivity index (χ3v) is 3.59. The van der Waals surface area contributed by atoms with Gasteiger partial charge < -0.3 is 10.3 Å². The Kier molecular flexibility index (Phi) is 4.15. The predicted octanol–water partition coefficient (Wildman–Crippen LogP) is 1.77. The fourth-order valence-corrected chi connectivity index (χ4v) is 2.42. The van der Waals surface area contributed by atoms with E-state index in [-0.39, 0.29) is 5.91 Å². The van der Waals surface area contributed by atoms with Gasteiger partial charge in [0.15, 0.2) is 0 Å². The molecule has 3 N–H and O–H groups in total. The lowest BCUT2D eigenvalue weighted by Gasteiger charge is -2.31. The number of nitrogens with one attached hydrogen (secondary N) is 1. The summed E-state index contributed by atoms with van der Waals surface area (Å²) >= 11 is 0. The molecule has 0 bridgehead atoms. The summed E-state index contributed by atoms with van der Waals surface area (Å²) in [6, 6.07) is 3.83. The fraction of sp³-hybridized carbons (Fsp3) is 0.538. The first-order valence-corrected chi connectivity index (χ1v) is 6.42. The van der Waals surface area contributed by atoms with Crippen molar-refractivity contribution in [3.05, 3.63) is 24.0 Å². The van der Waals surface area contributed by atoms with E-state index in [1.165, 1.54) is 19.3 Å². The van der Waals surface area contributed by atoms with Crippen molar-refractivity contribution in [2.75, 3.05) is 12.5 Å². The van der Waals surface area contributed by atoms with Crippen LogP contribution < -0.4 is 11.3 Å². The molecule has 0 unspecified atom stereocenters. The fourth-order valence-electron chi connectivity index (χ4n) is 2.42. The molecule has 0 aromatic carbocycles. The molecule has 0 saturated heterocycles. The van der Waals surface area contributed by atoms with E-state index in [1.807, 2.05) is 11.9 Å². The zero-order valence-electron chi connectivity index (χ0n) is 10.7. The number of anilines is 1. The zero-order valence-corrected chi connectivity index (χ0v) is 10.7. The SMILES string of the molecule is CN(C(=O)c1ccc(NN)cn1)C1CCCCC1. The largest absolute Gasteiger partial charge is 0.337 e. The normalized spacial score (nSPS) is 16.3. The monoisotopic (exact) mass is 248 g/mol. The van der Waals surface area contributed by atoms with Gasteiger partial charge in [-0.25, -0.2) is 4.98 Å². The third-order valence-electron chi connectivity index (χ3n) is 3.59. The standard InChI is InChI=1S/C13H20N4O/c1-17(11-5-3-2-4-6-11)13(18)12-8-7-10(16-14)9-15-12/h7-9,11,16H,2-6,14H2,1H3. The summed E-state index contributed by atoms with van der Waals surface area (Å²) in [6.07, 6.45) is 7.49. The first-order chi connectivity index (χ1) is 8.72. The molecule has 0 atom stereocenters. The van der Waals surface area contributed by atoms with Crippen molar-refractivity contribution in [2.24, 2.45) is 5.84 Å².